The Kier molecular flexibility index (Phi) is 8.67. The molecular formula is C18H27N3O5. The zero-order chi connectivity index (χ0) is 19.7. The quantitative estimate of drug-likeness (QED) is 0.311. The first-order valence-electron chi connectivity index (χ1n) is 8.84. The molecule has 8 heteroatoms. The van der Waals surface area contributed by atoms with Gasteiger partial charge in [-0.2, -0.15) is 0 Å². The summed E-state index contributed by atoms with van der Waals surface area (Å²) in [6.07, 6.45) is 5.27. The number of nitrogens with one attached hydrogen (secondary N) is 2. The Morgan fingerprint density at radius 1 is 1.04 bits per heavy atom. The molecule has 0 spiro atoms. The Morgan fingerprint density at radius 2 is 1.65 bits per heavy atom. The van der Waals surface area contributed by atoms with Crippen molar-refractivity contribution in [3.05, 3.63) is 12.2 Å². The van der Waals surface area contributed by atoms with Crippen molar-refractivity contribution in [2.75, 3.05) is 6.54 Å². The van der Waals surface area contributed by atoms with Crippen LogP contribution in [0.25, 0.3) is 0 Å². The van der Waals surface area contributed by atoms with Crippen LogP contribution in [0.4, 0.5) is 0 Å². The van der Waals surface area contributed by atoms with Crippen molar-refractivity contribution in [3.63, 3.8) is 0 Å². The Hall–Kier alpha value is -2.51. The summed E-state index contributed by atoms with van der Waals surface area (Å²) in [4.78, 5) is 58.8. The number of nitrogens with zero attached hydrogens (tertiary/aromatic N) is 1. The van der Waals surface area contributed by atoms with Crippen LogP contribution >= 0.6 is 0 Å². The van der Waals surface area contributed by atoms with Crippen LogP contribution in [0.15, 0.2) is 12.2 Å². The van der Waals surface area contributed by atoms with Crippen molar-refractivity contribution < 1.29 is 24.0 Å². The number of hydrogen-bond acceptors (Lipinski definition) is 5. The van der Waals surface area contributed by atoms with Gasteiger partial charge in [0.05, 0.1) is 6.04 Å². The maximum Gasteiger partial charge on any atom is 0.253 e. The van der Waals surface area contributed by atoms with E-state index in [9.17, 15) is 24.0 Å². The lowest BCUT2D eigenvalue weighted by molar-refractivity contribution is -0.137. The molecule has 144 valence electrons. The molecule has 1 aliphatic rings. The van der Waals surface area contributed by atoms with Gasteiger partial charge in [0.1, 0.15) is 12.3 Å². The summed E-state index contributed by atoms with van der Waals surface area (Å²) in [5.74, 6) is -1.34. The van der Waals surface area contributed by atoms with E-state index in [2.05, 4.69) is 10.6 Å². The minimum absolute atomic E-state index is 0.113. The van der Waals surface area contributed by atoms with E-state index in [1.54, 1.807) is 6.92 Å². The predicted molar refractivity (Wildman–Crippen MR) is 94.8 cm³/mol. The normalized spacial score (nSPS) is 15.9. The van der Waals surface area contributed by atoms with Crippen LogP contribution in [0.2, 0.25) is 0 Å². The number of imide groups is 1. The second kappa shape index (κ2) is 10.5. The lowest BCUT2D eigenvalue weighted by Gasteiger charge is -2.22. The highest BCUT2D eigenvalue weighted by Crippen LogP contribution is 2.08. The van der Waals surface area contributed by atoms with Crippen molar-refractivity contribution in [2.45, 2.75) is 58.5 Å². The molecule has 2 N–H and O–H groups in total. The molecule has 0 aliphatic carbocycles. The van der Waals surface area contributed by atoms with Gasteiger partial charge in [0.2, 0.25) is 11.8 Å². The maximum absolute atomic E-state index is 12.1. The lowest BCUT2D eigenvalue weighted by atomic mass is 10.0. The van der Waals surface area contributed by atoms with Crippen LogP contribution in [-0.2, 0) is 24.0 Å². The van der Waals surface area contributed by atoms with Crippen LogP contribution in [0, 0.1) is 5.92 Å². The van der Waals surface area contributed by atoms with Gasteiger partial charge in [0, 0.05) is 25.1 Å². The van der Waals surface area contributed by atoms with Gasteiger partial charge in [-0.3, -0.25) is 24.1 Å². The van der Waals surface area contributed by atoms with Crippen LogP contribution < -0.4 is 10.6 Å². The third-order valence-electron chi connectivity index (χ3n) is 4.03. The van der Waals surface area contributed by atoms with Gasteiger partial charge in [-0.05, 0) is 25.7 Å². The van der Waals surface area contributed by atoms with Crippen molar-refractivity contribution in [3.8, 4) is 0 Å². The van der Waals surface area contributed by atoms with Crippen LogP contribution in [0.3, 0.4) is 0 Å². The van der Waals surface area contributed by atoms with E-state index >= 15 is 0 Å². The van der Waals surface area contributed by atoms with Gasteiger partial charge in [0.15, 0.2) is 0 Å². The Bertz CT molecular complexity index is 567. The SMILES string of the molecule is CC(C)C(NC(=O)CCCCCN1C(=O)C=CC1=O)C(=O)N[C@@H](C)C=O. The molecule has 0 saturated carbocycles. The Morgan fingerprint density at radius 3 is 2.19 bits per heavy atom. The highest BCUT2D eigenvalue weighted by molar-refractivity contribution is 6.12. The Labute approximate surface area is 153 Å². The molecular weight excluding hydrogens is 338 g/mol. The highest BCUT2D eigenvalue weighted by Gasteiger charge is 2.25. The first-order chi connectivity index (χ1) is 12.3. The molecule has 1 rings (SSSR count). The fourth-order valence-electron chi connectivity index (χ4n) is 2.51. The summed E-state index contributed by atoms with van der Waals surface area (Å²) < 4.78 is 0. The smallest absolute Gasteiger partial charge is 0.253 e. The summed E-state index contributed by atoms with van der Waals surface area (Å²) in [5.41, 5.74) is 0. The molecule has 4 amide bonds. The summed E-state index contributed by atoms with van der Waals surface area (Å²) in [6, 6.07) is -1.30. The average Bonchev–Trinajstić information content (AvgIpc) is 2.90. The number of aldehydes is 1. The number of unbranched alkanes of at least 4 members (excludes halogenated alkanes) is 2. The standard InChI is InChI=1S/C18H27N3O5/c1-12(2)17(18(26)19-13(3)11-22)20-14(23)7-5-4-6-10-21-15(24)8-9-16(21)25/h8-9,11-13,17H,4-7,10H2,1-3H3,(H,19,26)(H,20,23)/t13-,17?/m0/s1. The van der Waals surface area contributed by atoms with E-state index in [0.29, 0.717) is 32.1 Å². The van der Waals surface area contributed by atoms with Crippen LogP contribution in [-0.4, -0.2) is 53.4 Å². The molecule has 0 bridgehead atoms. The lowest BCUT2D eigenvalue weighted by Crippen LogP contribution is -2.51. The zero-order valence-corrected chi connectivity index (χ0v) is 15.5. The number of rotatable bonds is 11. The third-order valence-corrected chi connectivity index (χ3v) is 4.03. The molecule has 2 atom stereocenters. The first kappa shape index (κ1) is 21.5. The average molecular weight is 365 g/mol. The van der Waals surface area contributed by atoms with E-state index < -0.39 is 12.1 Å². The van der Waals surface area contributed by atoms with E-state index in [-0.39, 0.29) is 36.0 Å². The third kappa shape index (κ3) is 6.78. The number of amides is 4. The van der Waals surface area contributed by atoms with Gasteiger partial charge >= 0.3 is 0 Å². The molecule has 0 saturated heterocycles. The molecule has 0 fully saturated rings. The first-order valence-corrected chi connectivity index (χ1v) is 8.84. The summed E-state index contributed by atoms with van der Waals surface area (Å²) in [7, 11) is 0. The topological polar surface area (TPSA) is 113 Å². The molecule has 0 aromatic rings. The highest BCUT2D eigenvalue weighted by atomic mass is 16.2. The van der Waals surface area contributed by atoms with Gasteiger partial charge in [-0.15, -0.1) is 0 Å². The minimum atomic E-state index is -0.698. The van der Waals surface area contributed by atoms with Crippen molar-refractivity contribution >= 4 is 29.9 Å². The number of carbonyl (C=O) groups excluding carboxylic acids is 5. The summed E-state index contributed by atoms with van der Waals surface area (Å²) in [6.45, 7) is 5.53. The maximum atomic E-state index is 12.1. The predicted octanol–water partition coefficient (Wildman–Crippen LogP) is 0.316. The fourth-order valence-corrected chi connectivity index (χ4v) is 2.51. The monoisotopic (exact) mass is 365 g/mol. The molecule has 0 aromatic carbocycles. The fraction of sp³-hybridized carbons (Fsp3) is 0.611. The van der Waals surface area contributed by atoms with Crippen LogP contribution in [0.1, 0.15) is 46.5 Å². The second-order valence-electron chi connectivity index (χ2n) is 6.69. The summed E-state index contributed by atoms with van der Waals surface area (Å²) in [5, 5.41) is 5.23. The van der Waals surface area contributed by atoms with Gasteiger partial charge < -0.3 is 15.4 Å². The molecule has 8 nitrogen and oxygen atoms in total. The van der Waals surface area contributed by atoms with Crippen molar-refractivity contribution in [1.82, 2.24) is 15.5 Å². The molecule has 1 aliphatic heterocycles. The molecule has 0 aromatic heterocycles. The van der Waals surface area contributed by atoms with E-state index in [1.165, 1.54) is 17.1 Å². The molecule has 1 unspecified atom stereocenters. The van der Waals surface area contributed by atoms with Crippen molar-refractivity contribution in [1.29, 1.82) is 0 Å². The van der Waals surface area contributed by atoms with Gasteiger partial charge in [-0.1, -0.05) is 20.3 Å². The largest absolute Gasteiger partial charge is 0.345 e. The van der Waals surface area contributed by atoms with E-state index in [0.717, 1.165) is 0 Å². The van der Waals surface area contributed by atoms with E-state index in [1.807, 2.05) is 13.8 Å². The Balaban J connectivity index is 2.30. The molecule has 1 heterocycles. The van der Waals surface area contributed by atoms with Gasteiger partial charge in [-0.25, -0.2) is 0 Å². The second-order valence-corrected chi connectivity index (χ2v) is 6.69. The number of carbonyl (C=O) groups is 5. The molecule has 26 heavy (non-hydrogen) atoms. The van der Waals surface area contributed by atoms with Gasteiger partial charge in [0.25, 0.3) is 11.8 Å². The summed E-state index contributed by atoms with van der Waals surface area (Å²) >= 11 is 0. The van der Waals surface area contributed by atoms with Crippen LogP contribution in [0.5, 0.6) is 0 Å². The number of hydrogen-bond donors (Lipinski definition) is 2. The van der Waals surface area contributed by atoms with E-state index in [4.69, 9.17) is 0 Å². The molecule has 0 radical (unpaired) electrons. The van der Waals surface area contributed by atoms with Crippen molar-refractivity contribution in [2.24, 2.45) is 5.92 Å². The minimum Gasteiger partial charge on any atom is -0.345 e. The zero-order valence-electron chi connectivity index (χ0n) is 15.5.